The molecule has 0 aliphatic rings. The second-order valence-electron chi connectivity index (χ2n) is 6.73. The minimum Gasteiger partial charge on any atom is -0.497 e. The highest BCUT2D eigenvalue weighted by molar-refractivity contribution is 6.08. The molecule has 1 N–H and O–H groups in total. The first-order valence-corrected chi connectivity index (χ1v) is 9.38. The zero-order valence-electron chi connectivity index (χ0n) is 16.8. The molecule has 0 saturated carbocycles. The molecular formula is C23H26N2O3. The summed E-state index contributed by atoms with van der Waals surface area (Å²) in [6, 6.07) is 13.5. The van der Waals surface area contributed by atoms with Crippen molar-refractivity contribution in [2.45, 2.75) is 33.3 Å². The number of ether oxygens (including phenoxy) is 3. The Kier molecular flexibility index (Phi) is 6.14. The van der Waals surface area contributed by atoms with Crippen LogP contribution in [0.5, 0.6) is 17.2 Å². The standard InChI is InChI=1S/C23H26N2O3/c1-5-6-22(24)21-9-15(2)25-23-13-17(7-8-20(21)23)28-14-16-10-18(26-3)12-19(11-16)27-4/h7-13,24H,5-6,14H2,1-4H3. The number of aromatic nitrogens is 1. The Morgan fingerprint density at radius 3 is 2.32 bits per heavy atom. The molecule has 0 bridgehead atoms. The van der Waals surface area contributed by atoms with E-state index in [1.165, 1.54) is 0 Å². The number of nitrogens with one attached hydrogen (secondary N) is 1. The fourth-order valence-electron chi connectivity index (χ4n) is 3.18. The summed E-state index contributed by atoms with van der Waals surface area (Å²) < 4.78 is 16.6. The topological polar surface area (TPSA) is 64.4 Å². The van der Waals surface area contributed by atoms with Gasteiger partial charge in [-0.1, -0.05) is 13.3 Å². The first kappa shape index (κ1) is 19.7. The SMILES string of the molecule is CCCC(=N)c1cc(C)nc2cc(OCc3cc(OC)cc(OC)c3)ccc12. The molecular weight excluding hydrogens is 352 g/mol. The summed E-state index contributed by atoms with van der Waals surface area (Å²) in [4.78, 5) is 4.63. The summed E-state index contributed by atoms with van der Waals surface area (Å²) in [5, 5.41) is 9.34. The maximum Gasteiger partial charge on any atom is 0.122 e. The molecule has 5 nitrogen and oxygen atoms in total. The van der Waals surface area contributed by atoms with Gasteiger partial charge in [0.05, 0.1) is 19.7 Å². The van der Waals surface area contributed by atoms with Crippen LogP contribution >= 0.6 is 0 Å². The molecule has 0 aliphatic carbocycles. The monoisotopic (exact) mass is 378 g/mol. The molecule has 0 radical (unpaired) electrons. The second kappa shape index (κ2) is 8.74. The number of hydrogen-bond donors (Lipinski definition) is 1. The van der Waals surface area contributed by atoms with E-state index in [0.29, 0.717) is 12.3 Å². The van der Waals surface area contributed by atoms with E-state index < -0.39 is 0 Å². The van der Waals surface area contributed by atoms with E-state index in [-0.39, 0.29) is 0 Å². The average Bonchev–Trinajstić information content (AvgIpc) is 2.71. The third-order valence-electron chi connectivity index (χ3n) is 4.55. The van der Waals surface area contributed by atoms with Crippen LogP contribution in [0.15, 0.2) is 42.5 Å². The lowest BCUT2D eigenvalue weighted by molar-refractivity contribution is 0.304. The summed E-state index contributed by atoms with van der Waals surface area (Å²) in [5.74, 6) is 2.20. The number of fused-ring (bicyclic) bond motifs is 1. The van der Waals surface area contributed by atoms with Gasteiger partial charge in [0.2, 0.25) is 0 Å². The predicted octanol–water partition coefficient (Wildman–Crippen LogP) is 5.31. The number of methoxy groups -OCH3 is 2. The number of pyridine rings is 1. The van der Waals surface area contributed by atoms with Gasteiger partial charge in [-0.25, -0.2) is 0 Å². The molecule has 0 aliphatic heterocycles. The number of hydrogen-bond acceptors (Lipinski definition) is 5. The van der Waals surface area contributed by atoms with Gasteiger partial charge < -0.3 is 19.6 Å². The lowest BCUT2D eigenvalue weighted by atomic mass is 10.0. The van der Waals surface area contributed by atoms with Crippen molar-refractivity contribution < 1.29 is 14.2 Å². The van der Waals surface area contributed by atoms with Gasteiger partial charge in [0.25, 0.3) is 0 Å². The van der Waals surface area contributed by atoms with E-state index in [2.05, 4.69) is 11.9 Å². The highest BCUT2D eigenvalue weighted by Crippen LogP contribution is 2.27. The van der Waals surface area contributed by atoms with Gasteiger partial charge in [-0.3, -0.25) is 4.98 Å². The van der Waals surface area contributed by atoms with Crippen LogP contribution in [0.25, 0.3) is 10.9 Å². The van der Waals surface area contributed by atoms with Gasteiger partial charge in [-0.05, 0) is 49.2 Å². The van der Waals surface area contributed by atoms with Crippen molar-refractivity contribution in [3.8, 4) is 17.2 Å². The van der Waals surface area contributed by atoms with Crippen LogP contribution in [0.4, 0.5) is 0 Å². The van der Waals surface area contributed by atoms with Gasteiger partial charge in [-0.2, -0.15) is 0 Å². The first-order valence-electron chi connectivity index (χ1n) is 9.38. The van der Waals surface area contributed by atoms with E-state index in [0.717, 1.165) is 57.8 Å². The Morgan fingerprint density at radius 2 is 1.68 bits per heavy atom. The van der Waals surface area contributed by atoms with E-state index in [1.807, 2.05) is 49.4 Å². The van der Waals surface area contributed by atoms with Crippen LogP contribution in [0, 0.1) is 12.3 Å². The van der Waals surface area contributed by atoms with E-state index >= 15 is 0 Å². The molecule has 0 unspecified atom stereocenters. The Balaban J connectivity index is 1.86. The highest BCUT2D eigenvalue weighted by atomic mass is 16.5. The van der Waals surface area contributed by atoms with Gasteiger partial charge in [0.15, 0.2) is 0 Å². The third kappa shape index (κ3) is 4.42. The van der Waals surface area contributed by atoms with Gasteiger partial charge >= 0.3 is 0 Å². The van der Waals surface area contributed by atoms with Crippen molar-refractivity contribution >= 4 is 16.6 Å². The zero-order chi connectivity index (χ0) is 20.1. The molecule has 146 valence electrons. The van der Waals surface area contributed by atoms with Crippen LogP contribution in [0.3, 0.4) is 0 Å². The van der Waals surface area contributed by atoms with E-state index in [9.17, 15) is 0 Å². The molecule has 0 saturated heterocycles. The molecule has 1 aromatic heterocycles. The van der Waals surface area contributed by atoms with E-state index in [4.69, 9.17) is 19.6 Å². The molecule has 3 aromatic rings. The number of nitrogens with zero attached hydrogens (tertiary/aromatic N) is 1. The van der Waals surface area contributed by atoms with Crippen molar-refractivity contribution in [1.29, 1.82) is 5.41 Å². The first-order chi connectivity index (χ1) is 13.5. The van der Waals surface area contributed by atoms with Gasteiger partial charge in [0, 0.05) is 34.5 Å². The molecule has 0 spiro atoms. The lowest BCUT2D eigenvalue weighted by Gasteiger charge is -2.12. The molecule has 3 rings (SSSR count). The largest absolute Gasteiger partial charge is 0.497 e. The van der Waals surface area contributed by atoms with Crippen LogP contribution in [-0.4, -0.2) is 24.9 Å². The third-order valence-corrected chi connectivity index (χ3v) is 4.55. The fourth-order valence-corrected chi connectivity index (χ4v) is 3.18. The number of aryl methyl sites for hydroxylation is 1. The minimum atomic E-state index is 0.392. The van der Waals surface area contributed by atoms with Crippen LogP contribution < -0.4 is 14.2 Å². The summed E-state index contributed by atoms with van der Waals surface area (Å²) in [6.45, 7) is 4.44. The Labute approximate surface area is 165 Å². The summed E-state index contributed by atoms with van der Waals surface area (Å²) in [5.41, 5.74) is 4.30. The molecule has 0 atom stereocenters. The lowest BCUT2D eigenvalue weighted by Crippen LogP contribution is -2.02. The smallest absolute Gasteiger partial charge is 0.122 e. The molecule has 0 fully saturated rings. The summed E-state index contributed by atoms with van der Waals surface area (Å²) >= 11 is 0. The van der Waals surface area contributed by atoms with E-state index in [1.54, 1.807) is 14.2 Å². The van der Waals surface area contributed by atoms with Crippen molar-refractivity contribution in [2.24, 2.45) is 0 Å². The maximum atomic E-state index is 8.35. The van der Waals surface area contributed by atoms with Crippen molar-refractivity contribution in [2.75, 3.05) is 14.2 Å². The Morgan fingerprint density at radius 1 is 0.964 bits per heavy atom. The van der Waals surface area contributed by atoms with Crippen molar-refractivity contribution in [1.82, 2.24) is 4.98 Å². The number of rotatable bonds is 8. The minimum absolute atomic E-state index is 0.392. The molecule has 1 heterocycles. The summed E-state index contributed by atoms with van der Waals surface area (Å²) in [6.07, 6.45) is 1.71. The Hall–Kier alpha value is -3.08. The second-order valence-corrected chi connectivity index (χ2v) is 6.73. The Bertz CT molecular complexity index is 976. The highest BCUT2D eigenvalue weighted by Gasteiger charge is 2.10. The van der Waals surface area contributed by atoms with Crippen LogP contribution in [-0.2, 0) is 6.61 Å². The summed E-state index contributed by atoms with van der Waals surface area (Å²) in [7, 11) is 3.26. The quantitative estimate of drug-likeness (QED) is 0.540. The number of benzene rings is 2. The fraction of sp³-hybridized carbons (Fsp3) is 0.304. The maximum absolute atomic E-state index is 8.35. The average molecular weight is 378 g/mol. The predicted molar refractivity (Wildman–Crippen MR) is 112 cm³/mol. The molecule has 0 amide bonds. The zero-order valence-corrected chi connectivity index (χ0v) is 16.8. The van der Waals surface area contributed by atoms with Gasteiger partial charge in [-0.15, -0.1) is 0 Å². The van der Waals surface area contributed by atoms with Crippen molar-refractivity contribution in [3.63, 3.8) is 0 Å². The van der Waals surface area contributed by atoms with Crippen LogP contribution in [0.2, 0.25) is 0 Å². The van der Waals surface area contributed by atoms with Gasteiger partial charge in [0.1, 0.15) is 23.9 Å². The normalized spacial score (nSPS) is 10.7. The van der Waals surface area contributed by atoms with Crippen LogP contribution in [0.1, 0.15) is 36.6 Å². The molecule has 2 aromatic carbocycles. The van der Waals surface area contributed by atoms with Crippen molar-refractivity contribution in [3.05, 3.63) is 59.3 Å². The molecule has 28 heavy (non-hydrogen) atoms. The molecule has 5 heteroatoms.